The number of fused-ring (bicyclic) bond motifs is 1. The Hall–Kier alpha value is -3.38. The zero-order valence-corrected chi connectivity index (χ0v) is 15.5. The molecule has 0 saturated carbocycles. The molecule has 1 N–H and O–H groups in total. The lowest BCUT2D eigenvalue weighted by molar-refractivity contribution is 0.102. The van der Waals surface area contributed by atoms with Gasteiger partial charge in [-0.15, -0.1) is 0 Å². The molecule has 1 heterocycles. The second-order valence-corrected chi connectivity index (χ2v) is 6.49. The Labute approximate surface area is 164 Å². The van der Waals surface area contributed by atoms with Crippen LogP contribution in [0, 0.1) is 5.82 Å². The van der Waals surface area contributed by atoms with Crippen LogP contribution in [0.2, 0.25) is 5.02 Å². The largest absolute Gasteiger partial charge is 0.495 e. The number of carbonyl (C=O) groups is 1. The summed E-state index contributed by atoms with van der Waals surface area (Å²) in [6.07, 6.45) is 0. The van der Waals surface area contributed by atoms with Gasteiger partial charge in [-0.25, -0.2) is 4.39 Å². The predicted octanol–water partition coefficient (Wildman–Crippen LogP) is 5.55. The highest BCUT2D eigenvalue weighted by Gasteiger charge is 2.15. The van der Waals surface area contributed by atoms with Crippen molar-refractivity contribution in [2.75, 3.05) is 12.4 Å². The van der Waals surface area contributed by atoms with Crippen LogP contribution in [0.25, 0.3) is 22.2 Å². The first-order valence-electron chi connectivity index (χ1n) is 8.35. The summed E-state index contributed by atoms with van der Waals surface area (Å²) in [5, 5.41) is 7.92. The van der Waals surface area contributed by atoms with Crippen LogP contribution in [0.5, 0.6) is 5.75 Å². The van der Waals surface area contributed by atoms with Gasteiger partial charge in [0.15, 0.2) is 5.76 Å². The van der Waals surface area contributed by atoms with Crippen molar-refractivity contribution in [3.63, 3.8) is 0 Å². The van der Waals surface area contributed by atoms with Crippen molar-refractivity contribution in [2.45, 2.75) is 0 Å². The van der Waals surface area contributed by atoms with Gasteiger partial charge in [0.2, 0.25) is 0 Å². The first-order valence-corrected chi connectivity index (χ1v) is 8.73. The number of nitrogens with one attached hydrogen (secondary N) is 1. The van der Waals surface area contributed by atoms with Crippen molar-refractivity contribution in [2.24, 2.45) is 0 Å². The van der Waals surface area contributed by atoms with Gasteiger partial charge in [-0.05, 0) is 60.7 Å². The second kappa shape index (κ2) is 7.32. The molecule has 1 amide bonds. The summed E-state index contributed by atoms with van der Waals surface area (Å²) in [6, 6.07) is 15.8. The number of rotatable bonds is 4. The Bertz CT molecular complexity index is 1170. The quantitative estimate of drug-likeness (QED) is 0.491. The van der Waals surface area contributed by atoms with E-state index in [2.05, 4.69) is 10.5 Å². The van der Waals surface area contributed by atoms with Crippen molar-refractivity contribution in [3.8, 4) is 17.1 Å². The number of anilines is 1. The van der Waals surface area contributed by atoms with Crippen molar-refractivity contribution in [1.82, 2.24) is 5.16 Å². The number of halogens is 2. The molecule has 0 saturated heterocycles. The summed E-state index contributed by atoms with van der Waals surface area (Å²) in [5.74, 6) is 0.276. The predicted molar refractivity (Wildman–Crippen MR) is 105 cm³/mol. The van der Waals surface area contributed by atoms with Crippen molar-refractivity contribution in [1.29, 1.82) is 0 Å². The Morgan fingerprint density at radius 1 is 1.11 bits per heavy atom. The van der Waals surface area contributed by atoms with Gasteiger partial charge in [0.25, 0.3) is 5.91 Å². The SMILES string of the molecule is COc1ccc(Cl)cc1NC(=O)c1ccc2noc(-c3ccc(F)cc3)c2c1. The summed E-state index contributed by atoms with van der Waals surface area (Å²) in [7, 11) is 1.51. The Morgan fingerprint density at radius 2 is 1.89 bits per heavy atom. The van der Waals surface area contributed by atoms with E-state index >= 15 is 0 Å². The molecular formula is C21H14ClFN2O3. The summed E-state index contributed by atoms with van der Waals surface area (Å²) in [4.78, 5) is 12.7. The number of benzene rings is 3. The minimum absolute atomic E-state index is 0.339. The van der Waals surface area contributed by atoms with E-state index in [1.165, 1.54) is 19.2 Å². The van der Waals surface area contributed by atoms with Gasteiger partial charge < -0.3 is 14.6 Å². The first-order chi connectivity index (χ1) is 13.5. The molecule has 0 bridgehead atoms. The third kappa shape index (κ3) is 3.42. The van der Waals surface area contributed by atoms with Gasteiger partial charge in [0.1, 0.15) is 17.1 Å². The second-order valence-electron chi connectivity index (χ2n) is 6.05. The van der Waals surface area contributed by atoms with E-state index in [1.807, 2.05) is 0 Å². The normalized spacial score (nSPS) is 10.8. The maximum absolute atomic E-state index is 13.2. The van der Waals surface area contributed by atoms with E-state index in [0.29, 0.717) is 44.2 Å². The molecule has 0 atom stereocenters. The number of nitrogens with zero attached hydrogens (tertiary/aromatic N) is 1. The van der Waals surface area contributed by atoms with Gasteiger partial charge in [-0.3, -0.25) is 4.79 Å². The zero-order chi connectivity index (χ0) is 19.7. The summed E-state index contributed by atoms with van der Waals surface area (Å²) in [6.45, 7) is 0. The molecule has 28 heavy (non-hydrogen) atoms. The fourth-order valence-electron chi connectivity index (χ4n) is 2.86. The number of hydrogen-bond acceptors (Lipinski definition) is 4. The van der Waals surface area contributed by atoms with Crippen LogP contribution in [-0.2, 0) is 0 Å². The average molecular weight is 397 g/mol. The lowest BCUT2D eigenvalue weighted by Gasteiger charge is -2.10. The average Bonchev–Trinajstić information content (AvgIpc) is 3.12. The highest BCUT2D eigenvalue weighted by atomic mass is 35.5. The lowest BCUT2D eigenvalue weighted by atomic mass is 10.1. The standard InChI is InChI=1S/C21H14ClFN2O3/c1-27-19-9-5-14(22)11-18(19)24-21(26)13-4-8-17-16(10-13)20(28-25-17)12-2-6-15(23)7-3-12/h2-11H,1H3,(H,24,26). The highest BCUT2D eigenvalue weighted by Crippen LogP contribution is 2.31. The molecule has 0 aliphatic rings. The van der Waals surface area contributed by atoms with E-state index in [1.54, 1.807) is 48.5 Å². The molecule has 4 rings (SSSR count). The highest BCUT2D eigenvalue weighted by molar-refractivity contribution is 6.31. The van der Waals surface area contributed by atoms with E-state index < -0.39 is 0 Å². The van der Waals surface area contributed by atoms with Gasteiger partial charge in [0.05, 0.1) is 18.2 Å². The molecule has 0 unspecified atom stereocenters. The van der Waals surface area contributed by atoms with E-state index in [-0.39, 0.29) is 11.7 Å². The van der Waals surface area contributed by atoms with Gasteiger partial charge in [-0.1, -0.05) is 16.8 Å². The minimum Gasteiger partial charge on any atom is -0.495 e. The molecule has 0 aliphatic carbocycles. The first kappa shape index (κ1) is 18.0. The third-order valence-electron chi connectivity index (χ3n) is 4.25. The monoisotopic (exact) mass is 396 g/mol. The number of amides is 1. The van der Waals surface area contributed by atoms with Gasteiger partial charge in [0, 0.05) is 16.1 Å². The lowest BCUT2D eigenvalue weighted by Crippen LogP contribution is -2.12. The summed E-state index contributed by atoms with van der Waals surface area (Å²) >= 11 is 6.01. The Morgan fingerprint density at radius 3 is 2.64 bits per heavy atom. The third-order valence-corrected chi connectivity index (χ3v) is 4.49. The van der Waals surface area contributed by atoms with Crippen molar-refractivity contribution < 1.29 is 18.4 Å². The number of ether oxygens (including phenoxy) is 1. The molecule has 1 aromatic heterocycles. The number of hydrogen-bond donors (Lipinski definition) is 1. The zero-order valence-electron chi connectivity index (χ0n) is 14.7. The topological polar surface area (TPSA) is 64.4 Å². The number of carbonyl (C=O) groups excluding carboxylic acids is 1. The van der Waals surface area contributed by atoms with Gasteiger partial charge in [-0.2, -0.15) is 0 Å². The molecule has 0 spiro atoms. The molecule has 3 aromatic carbocycles. The molecule has 0 fully saturated rings. The molecule has 0 radical (unpaired) electrons. The molecule has 140 valence electrons. The molecule has 0 aliphatic heterocycles. The Balaban J connectivity index is 1.69. The minimum atomic E-state index is -0.344. The number of aromatic nitrogens is 1. The summed E-state index contributed by atoms with van der Waals surface area (Å²) < 4.78 is 23.8. The molecule has 7 heteroatoms. The van der Waals surface area contributed by atoms with Crippen LogP contribution in [0.1, 0.15) is 10.4 Å². The van der Waals surface area contributed by atoms with Gasteiger partial charge >= 0.3 is 0 Å². The maximum atomic E-state index is 13.2. The van der Waals surface area contributed by atoms with Crippen molar-refractivity contribution in [3.05, 3.63) is 77.1 Å². The van der Waals surface area contributed by atoms with Crippen LogP contribution in [-0.4, -0.2) is 18.2 Å². The van der Waals surface area contributed by atoms with Crippen molar-refractivity contribution >= 4 is 34.1 Å². The fraction of sp³-hybridized carbons (Fsp3) is 0.0476. The van der Waals surface area contributed by atoms with Crippen LogP contribution >= 0.6 is 11.6 Å². The van der Waals surface area contributed by atoms with Crippen LogP contribution in [0.15, 0.2) is 65.2 Å². The maximum Gasteiger partial charge on any atom is 0.255 e. The fourth-order valence-corrected chi connectivity index (χ4v) is 3.04. The molecule has 4 aromatic rings. The van der Waals surface area contributed by atoms with Crippen LogP contribution in [0.4, 0.5) is 10.1 Å². The van der Waals surface area contributed by atoms with Crippen LogP contribution in [0.3, 0.4) is 0 Å². The smallest absolute Gasteiger partial charge is 0.255 e. The van der Waals surface area contributed by atoms with Crippen LogP contribution < -0.4 is 10.1 Å². The van der Waals surface area contributed by atoms with E-state index in [0.717, 1.165) is 0 Å². The summed E-state index contributed by atoms with van der Waals surface area (Å²) in [5.41, 5.74) is 2.12. The number of methoxy groups -OCH3 is 1. The van der Waals surface area contributed by atoms with E-state index in [4.69, 9.17) is 20.9 Å². The van der Waals surface area contributed by atoms with E-state index in [9.17, 15) is 9.18 Å². The Kier molecular flexibility index (Phi) is 4.71. The molecular weight excluding hydrogens is 383 g/mol. The molecule has 5 nitrogen and oxygen atoms in total.